The van der Waals surface area contributed by atoms with Gasteiger partial charge in [-0.2, -0.15) is 4.98 Å². The number of nitrogens with zero attached hydrogens (tertiary/aromatic N) is 3. The molecular formula is C22H18ClN3O5. The highest BCUT2D eigenvalue weighted by atomic mass is 35.5. The molecule has 0 saturated carbocycles. The zero-order valence-corrected chi connectivity index (χ0v) is 17.3. The Kier molecular flexibility index (Phi) is 6.28. The average molecular weight is 440 g/mol. The van der Waals surface area contributed by atoms with Crippen LogP contribution < -0.4 is 9.47 Å². The number of aromatic nitrogens is 3. The highest BCUT2D eigenvalue weighted by Gasteiger charge is 2.12. The summed E-state index contributed by atoms with van der Waals surface area (Å²) in [5.41, 5.74) is 0.752. The lowest BCUT2D eigenvalue weighted by Gasteiger charge is -2.06. The molecule has 0 spiro atoms. The average Bonchev–Trinajstić information content (AvgIpc) is 3.41. The Hall–Kier alpha value is -3.65. The third kappa shape index (κ3) is 5.49. The third-order valence-electron chi connectivity index (χ3n) is 4.22. The zero-order chi connectivity index (χ0) is 21.6. The highest BCUT2D eigenvalue weighted by molar-refractivity contribution is 6.33. The van der Waals surface area contributed by atoms with Crippen molar-refractivity contribution in [2.45, 2.75) is 26.4 Å². The molecule has 9 heteroatoms. The van der Waals surface area contributed by atoms with E-state index in [-0.39, 0.29) is 13.0 Å². The van der Waals surface area contributed by atoms with Crippen molar-refractivity contribution in [3.63, 3.8) is 0 Å². The fourth-order valence-corrected chi connectivity index (χ4v) is 2.98. The van der Waals surface area contributed by atoms with E-state index in [9.17, 15) is 4.79 Å². The van der Waals surface area contributed by atoms with Gasteiger partial charge in [0, 0.05) is 12.0 Å². The van der Waals surface area contributed by atoms with Crippen LogP contribution in [0.3, 0.4) is 0 Å². The number of aryl methyl sites for hydroxylation is 2. The van der Waals surface area contributed by atoms with Gasteiger partial charge in [0.05, 0.1) is 17.6 Å². The van der Waals surface area contributed by atoms with Crippen molar-refractivity contribution in [1.29, 1.82) is 0 Å². The molecule has 8 nitrogen and oxygen atoms in total. The summed E-state index contributed by atoms with van der Waals surface area (Å²) in [6, 6.07) is 14.0. The normalized spacial score (nSPS) is 10.8. The lowest BCUT2D eigenvalue weighted by Crippen LogP contribution is -2.09. The number of ether oxygens (including phenoxy) is 2. The second kappa shape index (κ2) is 9.44. The summed E-state index contributed by atoms with van der Waals surface area (Å²) in [5.74, 6) is 2.53. The maximum Gasteiger partial charge on any atom is 0.311 e. The monoisotopic (exact) mass is 439 g/mol. The molecule has 31 heavy (non-hydrogen) atoms. The Balaban J connectivity index is 1.26. The number of oxazole rings is 1. The van der Waals surface area contributed by atoms with Crippen LogP contribution in [0.15, 0.2) is 63.7 Å². The molecule has 0 saturated heterocycles. The SMILES string of the molecule is Cc1noc(COc2ccc(OC(=O)CCc3ncc(-c4ccccc4Cl)o3)cc2)n1. The van der Waals surface area contributed by atoms with Gasteiger partial charge in [-0.05, 0) is 43.3 Å². The topological polar surface area (TPSA) is 100 Å². The van der Waals surface area contributed by atoms with Crippen LogP contribution in [-0.2, 0) is 17.8 Å². The van der Waals surface area contributed by atoms with E-state index in [1.807, 2.05) is 18.2 Å². The molecule has 0 aliphatic rings. The van der Waals surface area contributed by atoms with Crippen molar-refractivity contribution < 1.29 is 23.2 Å². The van der Waals surface area contributed by atoms with Gasteiger partial charge >= 0.3 is 5.97 Å². The van der Waals surface area contributed by atoms with Crippen molar-refractivity contribution in [1.82, 2.24) is 15.1 Å². The molecule has 0 unspecified atom stereocenters. The van der Waals surface area contributed by atoms with Gasteiger partial charge in [-0.1, -0.05) is 28.9 Å². The van der Waals surface area contributed by atoms with Crippen LogP contribution in [0, 0.1) is 6.92 Å². The minimum absolute atomic E-state index is 0.122. The van der Waals surface area contributed by atoms with E-state index in [1.54, 1.807) is 43.5 Å². The second-order valence-electron chi connectivity index (χ2n) is 6.57. The molecule has 0 radical (unpaired) electrons. The summed E-state index contributed by atoms with van der Waals surface area (Å²) in [6.07, 6.45) is 2.03. The molecule has 2 aromatic heterocycles. The van der Waals surface area contributed by atoms with Crippen LogP contribution in [0.2, 0.25) is 5.02 Å². The van der Waals surface area contributed by atoms with Gasteiger partial charge in [-0.25, -0.2) is 4.98 Å². The molecule has 0 amide bonds. The van der Waals surface area contributed by atoms with Gasteiger partial charge in [0.15, 0.2) is 24.1 Å². The van der Waals surface area contributed by atoms with E-state index in [1.165, 1.54) is 0 Å². The van der Waals surface area contributed by atoms with Gasteiger partial charge in [-0.15, -0.1) is 0 Å². The van der Waals surface area contributed by atoms with Gasteiger partial charge in [0.1, 0.15) is 11.5 Å². The molecular weight excluding hydrogens is 422 g/mol. The van der Waals surface area contributed by atoms with Crippen LogP contribution in [0.4, 0.5) is 0 Å². The van der Waals surface area contributed by atoms with Crippen LogP contribution in [0.25, 0.3) is 11.3 Å². The number of carbonyl (C=O) groups is 1. The van der Waals surface area contributed by atoms with Crippen LogP contribution in [0.1, 0.15) is 24.0 Å². The Morgan fingerprint density at radius 2 is 1.84 bits per heavy atom. The molecule has 0 fully saturated rings. The molecule has 158 valence electrons. The maximum atomic E-state index is 12.1. The third-order valence-corrected chi connectivity index (χ3v) is 4.55. The Labute approximate surface area is 182 Å². The summed E-state index contributed by atoms with van der Waals surface area (Å²) in [7, 11) is 0. The van der Waals surface area contributed by atoms with Gasteiger partial charge in [-0.3, -0.25) is 4.79 Å². The second-order valence-corrected chi connectivity index (χ2v) is 6.97. The molecule has 0 bridgehead atoms. The van der Waals surface area contributed by atoms with Crippen molar-refractivity contribution in [2.24, 2.45) is 0 Å². The Morgan fingerprint density at radius 3 is 2.58 bits per heavy atom. The number of esters is 1. The summed E-state index contributed by atoms with van der Waals surface area (Å²) in [4.78, 5) is 20.4. The first-order valence-electron chi connectivity index (χ1n) is 9.49. The van der Waals surface area contributed by atoms with E-state index in [0.29, 0.717) is 46.3 Å². The fraction of sp³-hybridized carbons (Fsp3) is 0.182. The van der Waals surface area contributed by atoms with E-state index in [2.05, 4.69) is 15.1 Å². The number of rotatable bonds is 8. The van der Waals surface area contributed by atoms with E-state index in [4.69, 9.17) is 30.0 Å². The smallest absolute Gasteiger partial charge is 0.311 e. The number of carbonyl (C=O) groups excluding carboxylic acids is 1. The largest absolute Gasteiger partial charge is 0.484 e. The minimum atomic E-state index is -0.396. The predicted octanol–water partition coefficient (Wildman–Crippen LogP) is 4.80. The molecule has 0 N–H and O–H groups in total. The number of hydrogen-bond donors (Lipinski definition) is 0. The number of halogens is 1. The summed E-state index contributed by atoms with van der Waals surface area (Å²) >= 11 is 6.17. The number of benzene rings is 2. The van der Waals surface area contributed by atoms with Crippen LogP contribution in [0.5, 0.6) is 11.5 Å². The molecule has 0 atom stereocenters. The van der Waals surface area contributed by atoms with Crippen LogP contribution >= 0.6 is 11.6 Å². The maximum absolute atomic E-state index is 12.1. The molecule has 0 aliphatic carbocycles. The van der Waals surface area contributed by atoms with Crippen molar-refractivity contribution >= 4 is 17.6 Å². The standard InChI is InChI=1S/C22H18ClN3O5/c1-14-25-21(31-26-14)13-28-15-6-8-16(9-7-15)29-22(27)11-10-20-24-12-19(30-20)17-4-2-3-5-18(17)23/h2-9,12H,10-11,13H2,1H3. The zero-order valence-electron chi connectivity index (χ0n) is 16.6. The minimum Gasteiger partial charge on any atom is -0.484 e. The van der Waals surface area contributed by atoms with Gasteiger partial charge in [0.25, 0.3) is 5.89 Å². The highest BCUT2D eigenvalue weighted by Crippen LogP contribution is 2.28. The van der Waals surface area contributed by atoms with E-state index >= 15 is 0 Å². The van der Waals surface area contributed by atoms with E-state index in [0.717, 1.165) is 5.56 Å². The predicted molar refractivity (Wildman–Crippen MR) is 111 cm³/mol. The molecule has 4 aromatic rings. The lowest BCUT2D eigenvalue weighted by molar-refractivity contribution is -0.134. The quantitative estimate of drug-likeness (QED) is 0.285. The summed E-state index contributed by atoms with van der Waals surface area (Å²) in [5, 5.41) is 4.27. The molecule has 2 aromatic carbocycles. The first kappa shape index (κ1) is 20.6. The fourth-order valence-electron chi connectivity index (χ4n) is 2.75. The number of hydrogen-bond acceptors (Lipinski definition) is 8. The van der Waals surface area contributed by atoms with Crippen LogP contribution in [-0.4, -0.2) is 21.1 Å². The first-order chi connectivity index (χ1) is 15.1. The first-order valence-corrected chi connectivity index (χ1v) is 9.87. The van der Waals surface area contributed by atoms with Crippen molar-refractivity contribution in [3.05, 3.63) is 77.4 Å². The summed E-state index contributed by atoms with van der Waals surface area (Å²) in [6.45, 7) is 1.89. The lowest BCUT2D eigenvalue weighted by atomic mass is 10.2. The molecule has 2 heterocycles. The van der Waals surface area contributed by atoms with Crippen molar-refractivity contribution in [3.8, 4) is 22.8 Å². The Morgan fingerprint density at radius 1 is 1.06 bits per heavy atom. The van der Waals surface area contributed by atoms with E-state index < -0.39 is 5.97 Å². The summed E-state index contributed by atoms with van der Waals surface area (Å²) < 4.78 is 21.6. The Bertz CT molecular complexity index is 1170. The molecule has 4 rings (SSSR count). The molecule has 0 aliphatic heterocycles. The van der Waals surface area contributed by atoms with Gasteiger partial charge in [0.2, 0.25) is 0 Å². The van der Waals surface area contributed by atoms with Crippen molar-refractivity contribution in [2.75, 3.05) is 0 Å². The van der Waals surface area contributed by atoms with Gasteiger partial charge < -0.3 is 18.4 Å².